The van der Waals surface area contributed by atoms with Crippen molar-refractivity contribution in [2.75, 3.05) is 25.2 Å². The fourth-order valence-corrected chi connectivity index (χ4v) is 2.02. The van der Waals surface area contributed by atoms with Crippen molar-refractivity contribution in [3.8, 4) is 0 Å². The molecule has 15 heavy (non-hydrogen) atoms. The minimum atomic E-state index is -0.394. The third-order valence-electron chi connectivity index (χ3n) is 2.61. The average molecular weight is 232 g/mol. The zero-order valence-electron chi connectivity index (χ0n) is 9.41. The van der Waals surface area contributed by atoms with Gasteiger partial charge in [0.2, 0.25) is 5.91 Å². The molecule has 4 nitrogen and oxygen atoms in total. The van der Waals surface area contributed by atoms with Crippen molar-refractivity contribution >= 4 is 17.7 Å². The molecule has 1 amide bonds. The summed E-state index contributed by atoms with van der Waals surface area (Å²) in [5, 5.41) is 2.97. The first-order valence-electron chi connectivity index (χ1n) is 5.22. The second-order valence-corrected chi connectivity index (χ2v) is 5.23. The van der Waals surface area contributed by atoms with Crippen molar-refractivity contribution in [1.29, 1.82) is 0 Å². The maximum atomic E-state index is 11.7. The summed E-state index contributed by atoms with van der Waals surface area (Å²) in [6.07, 6.45) is 3.61. The molecule has 0 aliphatic carbocycles. The standard InChI is InChI=1S/C10H20N2O2S/c1-10(4-5-14-7-10)12-9(13)8(11)3-6-15-2/h8H,3-7,11H2,1-2H3,(H,12,13)/t8-,10?/m0/s1. The molecular formula is C10H20N2O2S. The van der Waals surface area contributed by atoms with Crippen molar-refractivity contribution in [3.05, 3.63) is 0 Å². The summed E-state index contributed by atoms with van der Waals surface area (Å²) < 4.78 is 5.26. The molecule has 88 valence electrons. The molecule has 0 bridgehead atoms. The van der Waals surface area contributed by atoms with Crippen LogP contribution in [0.15, 0.2) is 0 Å². The van der Waals surface area contributed by atoms with Crippen molar-refractivity contribution in [2.24, 2.45) is 5.73 Å². The van der Waals surface area contributed by atoms with E-state index in [-0.39, 0.29) is 11.4 Å². The number of rotatable bonds is 5. The van der Waals surface area contributed by atoms with E-state index in [9.17, 15) is 4.79 Å². The summed E-state index contributed by atoms with van der Waals surface area (Å²) in [6.45, 7) is 3.31. The van der Waals surface area contributed by atoms with Gasteiger partial charge in [-0.15, -0.1) is 0 Å². The largest absolute Gasteiger partial charge is 0.379 e. The lowest BCUT2D eigenvalue weighted by Gasteiger charge is -2.25. The Bertz CT molecular complexity index is 217. The van der Waals surface area contributed by atoms with Crippen LogP contribution in [0.25, 0.3) is 0 Å². The summed E-state index contributed by atoms with van der Waals surface area (Å²) in [5.74, 6) is 0.860. The highest BCUT2D eigenvalue weighted by molar-refractivity contribution is 7.98. The zero-order valence-corrected chi connectivity index (χ0v) is 10.2. The van der Waals surface area contributed by atoms with E-state index in [0.717, 1.165) is 25.2 Å². The Morgan fingerprint density at radius 1 is 1.73 bits per heavy atom. The molecule has 1 fully saturated rings. The van der Waals surface area contributed by atoms with E-state index >= 15 is 0 Å². The Morgan fingerprint density at radius 3 is 3.00 bits per heavy atom. The SMILES string of the molecule is CSCC[C@H](N)C(=O)NC1(C)CCOC1. The molecule has 1 aliphatic rings. The molecule has 0 saturated carbocycles. The molecular weight excluding hydrogens is 212 g/mol. The molecule has 0 aromatic heterocycles. The lowest BCUT2D eigenvalue weighted by atomic mass is 10.0. The van der Waals surface area contributed by atoms with Gasteiger partial charge in [-0.1, -0.05) is 0 Å². The van der Waals surface area contributed by atoms with Crippen LogP contribution in [0.2, 0.25) is 0 Å². The number of carbonyl (C=O) groups excluding carboxylic acids is 1. The number of thioether (sulfide) groups is 1. The van der Waals surface area contributed by atoms with Gasteiger partial charge in [-0.3, -0.25) is 4.79 Å². The maximum absolute atomic E-state index is 11.7. The molecule has 2 atom stereocenters. The predicted octanol–water partition coefficient (Wildman–Crippen LogP) is 0.362. The van der Waals surface area contributed by atoms with Crippen molar-refractivity contribution in [1.82, 2.24) is 5.32 Å². The van der Waals surface area contributed by atoms with Crippen molar-refractivity contribution in [3.63, 3.8) is 0 Å². The van der Waals surface area contributed by atoms with Gasteiger partial charge in [-0.05, 0) is 31.8 Å². The summed E-state index contributed by atoms with van der Waals surface area (Å²) in [5.41, 5.74) is 5.56. The number of hydrogen-bond donors (Lipinski definition) is 2. The predicted molar refractivity (Wildman–Crippen MR) is 63.0 cm³/mol. The smallest absolute Gasteiger partial charge is 0.237 e. The molecule has 0 aromatic carbocycles. The fraction of sp³-hybridized carbons (Fsp3) is 0.900. The number of ether oxygens (including phenoxy) is 1. The summed E-state index contributed by atoms with van der Waals surface area (Å²) in [4.78, 5) is 11.7. The third kappa shape index (κ3) is 4.01. The third-order valence-corrected chi connectivity index (χ3v) is 3.26. The van der Waals surface area contributed by atoms with E-state index in [1.54, 1.807) is 11.8 Å². The van der Waals surface area contributed by atoms with E-state index in [0.29, 0.717) is 6.61 Å². The van der Waals surface area contributed by atoms with E-state index in [2.05, 4.69) is 5.32 Å². The van der Waals surface area contributed by atoms with Crippen LogP contribution in [0, 0.1) is 0 Å². The van der Waals surface area contributed by atoms with Gasteiger partial charge < -0.3 is 15.8 Å². The van der Waals surface area contributed by atoms with Gasteiger partial charge in [0.15, 0.2) is 0 Å². The molecule has 1 aliphatic heterocycles. The topological polar surface area (TPSA) is 64.4 Å². The highest BCUT2D eigenvalue weighted by atomic mass is 32.2. The number of nitrogens with two attached hydrogens (primary N) is 1. The zero-order chi connectivity index (χ0) is 11.3. The van der Waals surface area contributed by atoms with Gasteiger partial charge in [0.1, 0.15) is 0 Å². The van der Waals surface area contributed by atoms with Crippen LogP contribution in [0.1, 0.15) is 19.8 Å². The molecule has 0 aromatic rings. The van der Waals surface area contributed by atoms with Gasteiger partial charge in [-0.25, -0.2) is 0 Å². The first-order chi connectivity index (χ1) is 7.07. The second-order valence-electron chi connectivity index (χ2n) is 4.24. The molecule has 5 heteroatoms. The lowest BCUT2D eigenvalue weighted by Crippen LogP contribution is -2.52. The Morgan fingerprint density at radius 2 is 2.47 bits per heavy atom. The lowest BCUT2D eigenvalue weighted by molar-refractivity contribution is -0.124. The van der Waals surface area contributed by atoms with Gasteiger partial charge in [-0.2, -0.15) is 11.8 Å². The van der Waals surface area contributed by atoms with Crippen LogP contribution in [-0.2, 0) is 9.53 Å². The highest BCUT2D eigenvalue weighted by Gasteiger charge is 2.32. The van der Waals surface area contributed by atoms with Crippen LogP contribution >= 0.6 is 11.8 Å². The van der Waals surface area contributed by atoms with Crippen LogP contribution < -0.4 is 11.1 Å². The first-order valence-corrected chi connectivity index (χ1v) is 6.61. The molecule has 0 radical (unpaired) electrons. The molecule has 3 N–H and O–H groups in total. The second kappa shape index (κ2) is 5.72. The monoisotopic (exact) mass is 232 g/mol. The normalized spacial score (nSPS) is 27.7. The highest BCUT2D eigenvalue weighted by Crippen LogP contribution is 2.17. The minimum absolute atomic E-state index is 0.0583. The van der Waals surface area contributed by atoms with Crippen LogP contribution in [0.4, 0.5) is 0 Å². The molecule has 1 saturated heterocycles. The van der Waals surface area contributed by atoms with Crippen LogP contribution in [0.5, 0.6) is 0 Å². The summed E-state index contributed by atoms with van der Waals surface area (Å²) in [6, 6.07) is -0.394. The van der Waals surface area contributed by atoms with Crippen molar-refractivity contribution in [2.45, 2.75) is 31.3 Å². The maximum Gasteiger partial charge on any atom is 0.237 e. The van der Waals surface area contributed by atoms with Crippen LogP contribution in [-0.4, -0.2) is 42.7 Å². The fourth-order valence-electron chi connectivity index (χ4n) is 1.53. The van der Waals surface area contributed by atoms with E-state index < -0.39 is 6.04 Å². The Labute approximate surface area is 95.3 Å². The number of nitrogens with one attached hydrogen (secondary N) is 1. The molecule has 1 unspecified atom stereocenters. The Balaban J connectivity index is 2.33. The quantitative estimate of drug-likeness (QED) is 0.718. The van der Waals surface area contributed by atoms with Crippen LogP contribution in [0.3, 0.4) is 0 Å². The Hall–Kier alpha value is -0.260. The van der Waals surface area contributed by atoms with E-state index in [1.165, 1.54) is 0 Å². The number of amides is 1. The molecule has 1 rings (SSSR count). The van der Waals surface area contributed by atoms with Gasteiger partial charge in [0.05, 0.1) is 18.2 Å². The average Bonchev–Trinajstić information content (AvgIpc) is 2.61. The minimum Gasteiger partial charge on any atom is -0.379 e. The van der Waals surface area contributed by atoms with Crippen molar-refractivity contribution < 1.29 is 9.53 Å². The summed E-state index contributed by atoms with van der Waals surface area (Å²) in [7, 11) is 0. The molecule has 1 heterocycles. The number of hydrogen-bond acceptors (Lipinski definition) is 4. The van der Waals surface area contributed by atoms with Gasteiger partial charge in [0.25, 0.3) is 0 Å². The van der Waals surface area contributed by atoms with Gasteiger partial charge >= 0.3 is 0 Å². The number of carbonyl (C=O) groups is 1. The van der Waals surface area contributed by atoms with E-state index in [1.807, 2.05) is 13.2 Å². The van der Waals surface area contributed by atoms with E-state index in [4.69, 9.17) is 10.5 Å². The Kier molecular flexibility index (Phi) is 4.89. The first kappa shape index (κ1) is 12.8. The van der Waals surface area contributed by atoms with Gasteiger partial charge in [0, 0.05) is 6.61 Å². The molecule has 0 spiro atoms. The summed E-state index contributed by atoms with van der Waals surface area (Å²) >= 11 is 1.70.